The van der Waals surface area contributed by atoms with Crippen LogP contribution in [-0.4, -0.2) is 23.4 Å². The van der Waals surface area contributed by atoms with Crippen molar-refractivity contribution in [3.8, 4) is 0 Å². The van der Waals surface area contributed by atoms with Crippen LogP contribution in [0.1, 0.15) is 21.6 Å². The quantitative estimate of drug-likeness (QED) is 0.289. The Balaban J connectivity index is 2.06. The summed E-state index contributed by atoms with van der Waals surface area (Å²) in [4.78, 5) is 34.1. The summed E-state index contributed by atoms with van der Waals surface area (Å²) in [6.07, 6.45) is 1.12. The zero-order valence-corrected chi connectivity index (χ0v) is 13.5. The van der Waals surface area contributed by atoms with Crippen molar-refractivity contribution in [2.45, 2.75) is 13.8 Å². The first-order chi connectivity index (χ1) is 11.8. The van der Waals surface area contributed by atoms with Gasteiger partial charge < -0.3 is 15.3 Å². The SMILES string of the molecule is Cc1cc(NC(=O)COC(=O)c2cccc[n+]2[O-])c([N+](=O)[O-])cc1C. The highest BCUT2D eigenvalue weighted by molar-refractivity contribution is 5.96. The molecule has 0 aliphatic carbocycles. The lowest BCUT2D eigenvalue weighted by Gasteiger charge is -2.09. The molecule has 0 unspecified atom stereocenters. The van der Waals surface area contributed by atoms with Crippen LogP contribution in [0.3, 0.4) is 0 Å². The number of nitrogens with zero attached hydrogens (tertiary/aromatic N) is 2. The fraction of sp³-hybridized carbons (Fsp3) is 0.188. The molecule has 1 aromatic heterocycles. The molecule has 130 valence electrons. The molecule has 2 rings (SSSR count). The topological polar surface area (TPSA) is 125 Å². The number of aryl methyl sites for hydroxylation is 2. The molecule has 1 N–H and O–H groups in total. The number of carbonyl (C=O) groups is 2. The summed E-state index contributed by atoms with van der Waals surface area (Å²) < 4.78 is 5.07. The van der Waals surface area contributed by atoms with Crippen molar-refractivity contribution in [1.29, 1.82) is 0 Å². The second-order valence-corrected chi connectivity index (χ2v) is 5.25. The van der Waals surface area contributed by atoms with E-state index in [4.69, 9.17) is 4.74 Å². The molecule has 0 saturated carbocycles. The van der Waals surface area contributed by atoms with Gasteiger partial charge in [0.15, 0.2) is 12.8 Å². The number of rotatable bonds is 5. The lowest BCUT2D eigenvalue weighted by atomic mass is 10.1. The maximum atomic E-state index is 11.9. The highest BCUT2D eigenvalue weighted by Gasteiger charge is 2.21. The van der Waals surface area contributed by atoms with Crippen LogP contribution >= 0.6 is 0 Å². The predicted molar refractivity (Wildman–Crippen MR) is 86.9 cm³/mol. The lowest BCUT2D eigenvalue weighted by molar-refractivity contribution is -0.608. The number of nitro benzene ring substituents is 1. The Morgan fingerprint density at radius 2 is 1.92 bits per heavy atom. The van der Waals surface area contributed by atoms with Gasteiger partial charge in [-0.1, -0.05) is 0 Å². The normalized spacial score (nSPS) is 10.2. The molecule has 0 aliphatic heterocycles. The summed E-state index contributed by atoms with van der Waals surface area (Å²) in [6, 6.07) is 6.98. The van der Waals surface area contributed by atoms with E-state index in [2.05, 4.69) is 5.32 Å². The number of esters is 1. The van der Waals surface area contributed by atoms with Crippen molar-refractivity contribution < 1.29 is 24.0 Å². The van der Waals surface area contributed by atoms with E-state index in [0.29, 0.717) is 10.3 Å². The van der Waals surface area contributed by atoms with Gasteiger partial charge in [0.2, 0.25) is 0 Å². The minimum absolute atomic E-state index is 0.00717. The van der Waals surface area contributed by atoms with Gasteiger partial charge in [0.1, 0.15) is 5.69 Å². The van der Waals surface area contributed by atoms with E-state index < -0.39 is 23.4 Å². The van der Waals surface area contributed by atoms with Crippen LogP contribution in [0.4, 0.5) is 11.4 Å². The molecule has 9 heteroatoms. The molecule has 1 amide bonds. The van der Waals surface area contributed by atoms with Crippen LogP contribution in [0.15, 0.2) is 36.5 Å². The monoisotopic (exact) mass is 345 g/mol. The third-order valence-electron chi connectivity index (χ3n) is 3.45. The number of nitrogens with one attached hydrogen (secondary N) is 1. The number of benzene rings is 1. The number of amides is 1. The predicted octanol–water partition coefficient (Wildman–Crippen LogP) is 1.64. The van der Waals surface area contributed by atoms with E-state index in [1.165, 1.54) is 30.3 Å². The second-order valence-electron chi connectivity index (χ2n) is 5.25. The van der Waals surface area contributed by atoms with E-state index in [-0.39, 0.29) is 17.1 Å². The number of aromatic nitrogens is 1. The highest BCUT2D eigenvalue weighted by Crippen LogP contribution is 2.27. The van der Waals surface area contributed by atoms with Crippen molar-refractivity contribution in [2.24, 2.45) is 0 Å². The number of anilines is 1. The van der Waals surface area contributed by atoms with E-state index >= 15 is 0 Å². The minimum Gasteiger partial charge on any atom is -0.618 e. The van der Waals surface area contributed by atoms with Gasteiger partial charge in [0, 0.05) is 18.2 Å². The Morgan fingerprint density at radius 1 is 1.24 bits per heavy atom. The molecule has 0 aliphatic rings. The van der Waals surface area contributed by atoms with Crippen molar-refractivity contribution >= 4 is 23.3 Å². The fourth-order valence-corrected chi connectivity index (χ4v) is 2.03. The zero-order valence-electron chi connectivity index (χ0n) is 13.5. The molecule has 1 heterocycles. The van der Waals surface area contributed by atoms with E-state index in [9.17, 15) is 24.9 Å². The van der Waals surface area contributed by atoms with E-state index in [1.807, 2.05) is 0 Å². The molecule has 0 atom stereocenters. The molecule has 9 nitrogen and oxygen atoms in total. The minimum atomic E-state index is -0.972. The maximum Gasteiger partial charge on any atom is 0.405 e. The number of hydrogen-bond donors (Lipinski definition) is 1. The molecule has 25 heavy (non-hydrogen) atoms. The van der Waals surface area contributed by atoms with Gasteiger partial charge in [0.25, 0.3) is 11.6 Å². The molecular weight excluding hydrogens is 330 g/mol. The summed E-state index contributed by atoms with van der Waals surface area (Å²) in [5, 5.41) is 24.9. The molecular formula is C16H15N3O6. The van der Waals surface area contributed by atoms with E-state index in [0.717, 1.165) is 11.8 Å². The molecule has 0 fully saturated rings. The Hall–Kier alpha value is -3.49. The van der Waals surface area contributed by atoms with Crippen molar-refractivity contribution in [3.05, 3.63) is 68.7 Å². The summed E-state index contributed by atoms with van der Waals surface area (Å²) in [7, 11) is 0. The number of carbonyl (C=O) groups excluding carboxylic acids is 2. The molecule has 1 aromatic carbocycles. The van der Waals surface area contributed by atoms with Gasteiger partial charge in [0.05, 0.1) is 4.92 Å². The van der Waals surface area contributed by atoms with Crippen molar-refractivity contribution in [2.75, 3.05) is 11.9 Å². The Bertz CT molecular complexity index is 850. The first kappa shape index (κ1) is 17.9. The average molecular weight is 345 g/mol. The molecule has 0 bridgehead atoms. The number of ether oxygens (including phenoxy) is 1. The number of pyridine rings is 1. The highest BCUT2D eigenvalue weighted by atomic mass is 16.6. The molecule has 0 spiro atoms. The van der Waals surface area contributed by atoms with Crippen LogP contribution in [0.25, 0.3) is 0 Å². The molecule has 0 saturated heterocycles. The van der Waals surface area contributed by atoms with Crippen LogP contribution < -0.4 is 10.0 Å². The van der Waals surface area contributed by atoms with Gasteiger partial charge in [-0.25, -0.2) is 4.79 Å². The average Bonchev–Trinajstić information content (AvgIpc) is 2.56. The van der Waals surface area contributed by atoms with Gasteiger partial charge in [-0.3, -0.25) is 14.9 Å². The molecule has 0 radical (unpaired) electrons. The van der Waals surface area contributed by atoms with Gasteiger partial charge in [-0.2, -0.15) is 4.73 Å². The van der Waals surface area contributed by atoms with E-state index in [1.54, 1.807) is 13.8 Å². The third kappa shape index (κ3) is 4.28. The Labute approximate surface area is 142 Å². The standard InChI is InChI=1S/C16H15N3O6/c1-10-7-12(14(19(23)24)8-11(10)2)17-15(20)9-25-16(21)13-5-3-4-6-18(13)22/h3-8H,9H2,1-2H3,(H,17,20). The first-order valence-electron chi connectivity index (χ1n) is 7.20. The summed E-state index contributed by atoms with van der Waals surface area (Å²) in [5.74, 6) is -1.73. The zero-order chi connectivity index (χ0) is 18.6. The second kappa shape index (κ2) is 7.39. The maximum absolute atomic E-state index is 11.9. The Morgan fingerprint density at radius 3 is 2.56 bits per heavy atom. The molecule has 2 aromatic rings. The largest absolute Gasteiger partial charge is 0.618 e. The van der Waals surface area contributed by atoms with Crippen LogP contribution in [0.5, 0.6) is 0 Å². The van der Waals surface area contributed by atoms with Gasteiger partial charge >= 0.3 is 11.7 Å². The summed E-state index contributed by atoms with van der Waals surface area (Å²) in [6.45, 7) is 2.78. The van der Waals surface area contributed by atoms with Crippen LogP contribution in [0.2, 0.25) is 0 Å². The van der Waals surface area contributed by atoms with Crippen LogP contribution in [-0.2, 0) is 9.53 Å². The fourth-order valence-electron chi connectivity index (χ4n) is 2.03. The summed E-state index contributed by atoms with van der Waals surface area (Å²) >= 11 is 0. The number of nitro groups is 1. The third-order valence-corrected chi connectivity index (χ3v) is 3.45. The van der Waals surface area contributed by atoms with Crippen LogP contribution in [0, 0.1) is 29.2 Å². The first-order valence-corrected chi connectivity index (χ1v) is 7.20. The smallest absolute Gasteiger partial charge is 0.405 e. The van der Waals surface area contributed by atoms with Crippen molar-refractivity contribution in [1.82, 2.24) is 0 Å². The number of hydrogen-bond acceptors (Lipinski definition) is 6. The summed E-state index contributed by atoms with van der Waals surface area (Å²) in [5.41, 5.74) is 0.943. The van der Waals surface area contributed by atoms with Gasteiger partial charge in [-0.15, -0.1) is 0 Å². The lowest BCUT2D eigenvalue weighted by Crippen LogP contribution is -2.35. The Kier molecular flexibility index (Phi) is 5.28. The van der Waals surface area contributed by atoms with Crippen molar-refractivity contribution in [3.63, 3.8) is 0 Å². The van der Waals surface area contributed by atoms with Gasteiger partial charge in [-0.05, 0) is 37.1 Å².